The van der Waals surface area contributed by atoms with E-state index in [2.05, 4.69) is 17.4 Å². The summed E-state index contributed by atoms with van der Waals surface area (Å²) in [5.41, 5.74) is 2.29. The molecule has 3 aromatic rings. The van der Waals surface area contributed by atoms with Crippen molar-refractivity contribution in [1.82, 2.24) is 5.32 Å². The Labute approximate surface area is 156 Å². The standard InChI is InChI=1S/C20H18ClNO2S/c21-17-10-8-16(9-11-17)20(15-5-2-1-3-6-15)25-14-19(23)22-13-18-7-4-12-24-18/h1-12,20H,13-14H2,(H,22,23)/t20-/m0/s1. The highest BCUT2D eigenvalue weighted by molar-refractivity contribution is 8.00. The first-order valence-electron chi connectivity index (χ1n) is 7.93. The van der Waals surface area contributed by atoms with Crippen molar-refractivity contribution in [3.63, 3.8) is 0 Å². The van der Waals surface area contributed by atoms with E-state index in [-0.39, 0.29) is 11.2 Å². The van der Waals surface area contributed by atoms with E-state index in [1.165, 1.54) is 0 Å². The van der Waals surface area contributed by atoms with Crippen LogP contribution < -0.4 is 5.32 Å². The average Bonchev–Trinajstić information content (AvgIpc) is 3.16. The number of hydrogen-bond donors (Lipinski definition) is 1. The van der Waals surface area contributed by atoms with Gasteiger partial charge in [-0.25, -0.2) is 0 Å². The van der Waals surface area contributed by atoms with Crippen LogP contribution in [-0.2, 0) is 11.3 Å². The largest absolute Gasteiger partial charge is 0.467 e. The summed E-state index contributed by atoms with van der Waals surface area (Å²) in [5.74, 6) is 1.09. The highest BCUT2D eigenvalue weighted by Gasteiger charge is 2.16. The number of thioether (sulfide) groups is 1. The molecular weight excluding hydrogens is 354 g/mol. The summed E-state index contributed by atoms with van der Waals surface area (Å²) in [5, 5.41) is 3.66. The molecule has 0 aliphatic carbocycles. The van der Waals surface area contributed by atoms with Crippen LogP contribution in [0.4, 0.5) is 0 Å². The Hall–Kier alpha value is -2.17. The van der Waals surface area contributed by atoms with Crippen LogP contribution in [0.25, 0.3) is 0 Å². The monoisotopic (exact) mass is 371 g/mol. The van der Waals surface area contributed by atoms with Gasteiger partial charge in [0.05, 0.1) is 23.8 Å². The lowest BCUT2D eigenvalue weighted by Crippen LogP contribution is -2.24. The van der Waals surface area contributed by atoms with E-state index in [0.29, 0.717) is 17.3 Å². The molecule has 1 aromatic heterocycles. The van der Waals surface area contributed by atoms with Crippen LogP contribution in [0.5, 0.6) is 0 Å². The van der Waals surface area contributed by atoms with Crippen LogP contribution in [-0.4, -0.2) is 11.7 Å². The Balaban J connectivity index is 1.65. The smallest absolute Gasteiger partial charge is 0.230 e. The van der Waals surface area contributed by atoms with Gasteiger partial charge in [0.15, 0.2) is 0 Å². The van der Waals surface area contributed by atoms with Crippen molar-refractivity contribution in [3.05, 3.63) is 94.9 Å². The minimum Gasteiger partial charge on any atom is -0.467 e. The topological polar surface area (TPSA) is 42.2 Å². The summed E-state index contributed by atoms with van der Waals surface area (Å²) in [6, 6.07) is 21.6. The van der Waals surface area contributed by atoms with Crippen molar-refractivity contribution in [2.75, 3.05) is 5.75 Å². The number of rotatable bonds is 7. The normalized spacial score (nSPS) is 11.9. The van der Waals surface area contributed by atoms with Gasteiger partial charge in [0, 0.05) is 5.02 Å². The molecule has 1 N–H and O–H groups in total. The van der Waals surface area contributed by atoms with Gasteiger partial charge in [-0.05, 0) is 35.4 Å². The number of furan rings is 1. The van der Waals surface area contributed by atoms with E-state index in [4.69, 9.17) is 16.0 Å². The van der Waals surface area contributed by atoms with Crippen molar-refractivity contribution in [2.45, 2.75) is 11.8 Å². The van der Waals surface area contributed by atoms with Crippen LogP contribution in [0.15, 0.2) is 77.4 Å². The van der Waals surface area contributed by atoms with Crippen molar-refractivity contribution in [1.29, 1.82) is 0 Å². The van der Waals surface area contributed by atoms with Gasteiger partial charge in [-0.15, -0.1) is 11.8 Å². The summed E-state index contributed by atoms with van der Waals surface area (Å²) in [7, 11) is 0. The molecule has 25 heavy (non-hydrogen) atoms. The van der Waals surface area contributed by atoms with Gasteiger partial charge in [-0.2, -0.15) is 0 Å². The third-order valence-electron chi connectivity index (χ3n) is 3.70. The van der Waals surface area contributed by atoms with E-state index < -0.39 is 0 Å². The second-order valence-electron chi connectivity index (χ2n) is 5.51. The maximum atomic E-state index is 12.2. The van der Waals surface area contributed by atoms with Gasteiger partial charge in [0.2, 0.25) is 5.91 Å². The van der Waals surface area contributed by atoms with Gasteiger partial charge in [-0.1, -0.05) is 54.1 Å². The first kappa shape index (κ1) is 17.6. The molecule has 0 aliphatic rings. The van der Waals surface area contributed by atoms with Crippen molar-refractivity contribution >= 4 is 29.3 Å². The summed E-state index contributed by atoms with van der Waals surface area (Å²) in [4.78, 5) is 12.2. The summed E-state index contributed by atoms with van der Waals surface area (Å²) >= 11 is 7.59. The Morgan fingerprint density at radius 3 is 2.40 bits per heavy atom. The molecule has 1 amide bonds. The molecule has 0 spiro atoms. The zero-order chi connectivity index (χ0) is 17.5. The molecule has 0 saturated heterocycles. The zero-order valence-corrected chi connectivity index (χ0v) is 15.1. The molecule has 0 unspecified atom stereocenters. The molecule has 1 heterocycles. The second kappa shape index (κ2) is 8.79. The maximum Gasteiger partial charge on any atom is 0.230 e. The highest BCUT2D eigenvalue weighted by Crippen LogP contribution is 2.35. The predicted octanol–water partition coefficient (Wildman–Crippen LogP) is 5.07. The van der Waals surface area contributed by atoms with E-state index >= 15 is 0 Å². The Morgan fingerprint density at radius 1 is 1.00 bits per heavy atom. The van der Waals surface area contributed by atoms with Gasteiger partial charge in [0.25, 0.3) is 0 Å². The van der Waals surface area contributed by atoms with Crippen molar-refractivity contribution in [3.8, 4) is 0 Å². The molecule has 0 bridgehead atoms. The fourth-order valence-electron chi connectivity index (χ4n) is 2.46. The Morgan fingerprint density at radius 2 is 1.72 bits per heavy atom. The summed E-state index contributed by atoms with van der Waals surface area (Å²) < 4.78 is 5.23. The van der Waals surface area contributed by atoms with Gasteiger partial charge >= 0.3 is 0 Å². The highest BCUT2D eigenvalue weighted by atomic mass is 35.5. The van der Waals surface area contributed by atoms with Crippen molar-refractivity contribution < 1.29 is 9.21 Å². The summed E-state index contributed by atoms with van der Waals surface area (Å²) in [6.07, 6.45) is 1.60. The number of hydrogen-bond acceptors (Lipinski definition) is 3. The Bertz CT molecular complexity index is 788. The second-order valence-corrected chi connectivity index (χ2v) is 7.04. The van der Waals surface area contributed by atoms with E-state index in [0.717, 1.165) is 16.9 Å². The molecule has 0 radical (unpaired) electrons. The van der Waals surface area contributed by atoms with Crippen LogP contribution in [0.3, 0.4) is 0 Å². The van der Waals surface area contributed by atoms with Crippen LogP contribution >= 0.6 is 23.4 Å². The fraction of sp³-hybridized carbons (Fsp3) is 0.150. The van der Waals surface area contributed by atoms with Gasteiger partial charge < -0.3 is 9.73 Å². The van der Waals surface area contributed by atoms with Crippen LogP contribution in [0.1, 0.15) is 22.1 Å². The average molecular weight is 372 g/mol. The molecule has 0 saturated carbocycles. The van der Waals surface area contributed by atoms with Crippen molar-refractivity contribution in [2.24, 2.45) is 0 Å². The first-order chi connectivity index (χ1) is 12.2. The van der Waals surface area contributed by atoms with Crippen LogP contribution in [0, 0.1) is 0 Å². The number of nitrogens with one attached hydrogen (secondary N) is 1. The molecule has 1 atom stereocenters. The SMILES string of the molecule is O=C(CS[C@@H](c1ccccc1)c1ccc(Cl)cc1)NCc1ccco1. The van der Waals surface area contributed by atoms with E-state index in [9.17, 15) is 4.79 Å². The molecule has 0 aliphatic heterocycles. The fourth-order valence-corrected chi connectivity index (χ4v) is 3.70. The molecule has 2 aromatic carbocycles. The third kappa shape index (κ3) is 5.15. The van der Waals surface area contributed by atoms with E-state index in [1.807, 2.05) is 54.6 Å². The zero-order valence-electron chi connectivity index (χ0n) is 13.5. The minimum absolute atomic E-state index is 0.0173. The first-order valence-corrected chi connectivity index (χ1v) is 9.36. The van der Waals surface area contributed by atoms with E-state index in [1.54, 1.807) is 18.0 Å². The Kier molecular flexibility index (Phi) is 6.20. The minimum atomic E-state index is -0.0173. The summed E-state index contributed by atoms with van der Waals surface area (Å²) in [6.45, 7) is 0.406. The lowest BCUT2D eigenvalue weighted by molar-refractivity contribution is -0.118. The number of carbonyl (C=O) groups is 1. The third-order valence-corrected chi connectivity index (χ3v) is 5.25. The molecular formula is C20H18ClNO2S. The lowest BCUT2D eigenvalue weighted by atomic mass is 10.0. The number of carbonyl (C=O) groups excluding carboxylic acids is 1. The maximum absolute atomic E-state index is 12.2. The van der Waals surface area contributed by atoms with Crippen LogP contribution in [0.2, 0.25) is 5.02 Å². The number of amides is 1. The van der Waals surface area contributed by atoms with Gasteiger partial charge in [-0.3, -0.25) is 4.79 Å². The molecule has 3 nitrogen and oxygen atoms in total. The quantitative estimate of drug-likeness (QED) is 0.630. The molecule has 5 heteroatoms. The lowest BCUT2D eigenvalue weighted by Gasteiger charge is -2.17. The predicted molar refractivity (Wildman–Crippen MR) is 103 cm³/mol. The molecule has 128 valence electrons. The van der Waals surface area contributed by atoms with Gasteiger partial charge in [0.1, 0.15) is 5.76 Å². The molecule has 3 rings (SSSR count). The number of benzene rings is 2. The molecule has 0 fully saturated rings. The number of halogens is 1.